The maximum atomic E-state index is 9.47. The summed E-state index contributed by atoms with van der Waals surface area (Å²) < 4.78 is 0. The number of rotatable bonds is 2. The van der Waals surface area contributed by atoms with E-state index in [-0.39, 0.29) is 1.43 Å². The van der Waals surface area contributed by atoms with Crippen LogP contribution in [0.25, 0.3) is 0 Å². The van der Waals surface area contributed by atoms with E-state index in [1.807, 2.05) is 0 Å². The minimum absolute atomic E-state index is 0. The number of carbonyl (C=O) groups excluding carboxylic acids is 1. The van der Waals surface area contributed by atoms with Gasteiger partial charge < -0.3 is 10.8 Å². The monoisotopic (exact) mass is 144 g/mol. The molecule has 0 fully saturated rings. The second-order valence-corrected chi connectivity index (χ2v) is 1.15. The zero-order valence-corrected chi connectivity index (χ0v) is 5.41. The van der Waals surface area contributed by atoms with E-state index in [9.17, 15) is 9.59 Å². The Hall–Kier alpha value is -1.58. The molecular weight excluding hydrogens is 134 g/mol. The molecule has 4 nitrogen and oxygen atoms in total. The summed E-state index contributed by atoms with van der Waals surface area (Å²) in [6.07, 6.45) is 1.89. The van der Waals surface area contributed by atoms with Gasteiger partial charge in [0.2, 0.25) is 5.91 Å². The second kappa shape index (κ2) is 7.42. The third kappa shape index (κ3) is 32.2. The van der Waals surface area contributed by atoms with Crippen molar-refractivity contribution in [2.45, 2.75) is 0 Å². The first kappa shape index (κ1) is 11.2. The van der Waals surface area contributed by atoms with Gasteiger partial charge in [0.05, 0.1) is 0 Å². The largest absolute Gasteiger partial charge is 1.00 e. The molecule has 0 spiro atoms. The molecule has 4 heteroatoms. The van der Waals surface area contributed by atoms with E-state index in [2.05, 4.69) is 18.9 Å². The van der Waals surface area contributed by atoms with Crippen LogP contribution in [0.15, 0.2) is 25.3 Å². The average Bonchev–Trinajstić information content (AvgIpc) is 1.89. The summed E-state index contributed by atoms with van der Waals surface area (Å²) in [5.74, 6) is -1.46. The molecule has 0 heterocycles. The zero-order valence-electron chi connectivity index (χ0n) is 6.41. The van der Waals surface area contributed by atoms with Crippen LogP contribution in [0, 0.1) is 0 Å². The van der Waals surface area contributed by atoms with Crippen molar-refractivity contribution in [3.63, 3.8) is 0 Å². The van der Waals surface area contributed by atoms with Crippen molar-refractivity contribution >= 4 is 11.9 Å². The highest BCUT2D eigenvalue weighted by atomic mass is 16.4. The van der Waals surface area contributed by atoms with Crippen LogP contribution in [-0.4, -0.2) is 17.0 Å². The summed E-state index contributed by atoms with van der Waals surface area (Å²) in [7, 11) is 0. The Kier molecular flexibility index (Phi) is 8.35. The smallest absolute Gasteiger partial charge is 0.478 e. The van der Waals surface area contributed by atoms with Crippen LogP contribution in [0.2, 0.25) is 0 Å². The third-order valence-corrected chi connectivity index (χ3v) is 0.376. The van der Waals surface area contributed by atoms with Crippen LogP contribution in [-0.2, 0) is 9.59 Å². The summed E-state index contributed by atoms with van der Waals surface area (Å²) in [5, 5.41) is 7.60. The predicted molar refractivity (Wildman–Crippen MR) is 38.3 cm³/mol. The Labute approximate surface area is 60.1 Å². The van der Waals surface area contributed by atoms with Gasteiger partial charge in [0.25, 0.3) is 0 Å². The molecule has 0 bridgehead atoms. The van der Waals surface area contributed by atoms with Crippen LogP contribution in [0.1, 0.15) is 1.43 Å². The van der Waals surface area contributed by atoms with Crippen LogP contribution in [0.3, 0.4) is 0 Å². The number of carboxylic acids is 1. The van der Waals surface area contributed by atoms with Gasteiger partial charge >= 0.3 is 7.40 Å². The Morgan fingerprint density at radius 3 is 1.60 bits per heavy atom. The summed E-state index contributed by atoms with van der Waals surface area (Å²) >= 11 is 0. The van der Waals surface area contributed by atoms with Crippen LogP contribution >= 0.6 is 0 Å². The number of carboxylic acid groups (broad SMARTS) is 1. The molecular formula is C6H10NO3+. The van der Waals surface area contributed by atoms with E-state index < -0.39 is 11.9 Å². The van der Waals surface area contributed by atoms with Crippen molar-refractivity contribution in [1.82, 2.24) is 0 Å². The summed E-state index contributed by atoms with van der Waals surface area (Å²) in [6, 6.07) is 0. The molecule has 3 N–H and O–H groups in total. The van der Waals surface area contributed by atoms with Gasteiger partial charge in [-0.05, 0) is 6.08 Å². The number of amides is 1. The fourth-order valence-corrected chi connectivity index (χ4v) is 0. The highest BCUT2D eigenvalue weighted by molar-refractivity contribution is 5.84. The van der Waals surface area contributed by atoms with Crippen molar-refractivity contribution in [2.75, 3.05) is 0 Å². The lowest BCUT2D eigenvalue weighted by atomic mass is 10.6. The molecule has 0 aliphatic carbocycles. The molecule has 0 atom stereocenters. The Balaban J connectivity index is -0.000000107. The lowest BCUT2D eigenvalue weighted by Gasteiger charge is -1.65. The number of carbonyl (C=O) groups is 2. The highest BCUT2D eigenvalue weighted by Crippen LogP contribution is 1.54. The second-order valence-electron chi connectivity index (χ2n) is 1.15. The van der Waals surface area contributed by atoms with Crippen molar-refractivity contribution in [3.8, 4) is 0 Å². The highest BCUT2D eigenvalue weighted by Gasteiger charge is 1.73. The van der Waals surface area contributed by atoms with Gasteiger partial charge in [-0.3, -0.25) is 4.79 Å². The van der Waals surface area contributed by atoms with E-state index in [1.165, 1.54) is 0 Å². The van der Waals surface area contributed by atoms with Crippen LogP contribution in [0.5, 0.6) is 0 Å². The van der Waals surface area contributed by atoms with Crippen molar-refractivity contribution in [1.29, 1.82) is 0 Å². The normalized spacial score (nSPS) is 6.40. The minimum Gasteiger partial charge on any atom is -0.478 e. The standard InChI is InChI=1S/C3H5NO.C3H4O2/c2*1-2-3(4)5/h2H,1H2,(H2,4,5);2H,1H2,(H,4,5)/p+1. The first-order valence-corrected chi connectivity index (χ1v) is 2.31. The van der Waals surface area contributed by atoms with Crippen molar-refractivity contribution in [2.24, 2.45) is 5.73 Å². The van der Waals surface area contributed by atoms with E-state index in [1.54, 1.807) is 0 Å². The molecule has 0 radical (unpaired) electrons. The molecule has 0 saturated heterocycles. The molecule has 0 rings (SSSR count). The predicted octanol–water partition coefficient (Wildman–Crippen LogP) is 0.0272. The molecule has 0 aromatic carbocycles. The third-order valence-electron chi connectivity index (χ3n) is 0.376. The minimum atomic E-state index is -0.981. The molecule has 0 unspecified atom stereocenters. The Morgan fingerprint density at radius 1 is 1.40 bits per heavy atom. The SMILES string of the molecule is C=CC(=O)O.C=CC(N)=O.[H+]. The molecule has 0 aliphatic rings. The lowest BCUT2D eigenvalue weighted by Crippen LogP contribution is -2.04. The molecule has 0 aliphatic heterocycles. The molecule has 0 saturated carbocycles. The Bertz CT molecular complexity index is 138. The van der Waals surface area contributed by atoms with Gasteiger partial charge in [-0.1, -0.05) is 13.2 Å². The first-order valence-electron chi connectivity index (χ1n) is 2.31. The number of primary amides is 1. The number of hydrogen-bond donors (Lipinski definition) is 2. The number of hydrogen-bond acceptors (Lipinski definition) is 2. The van der Waals surface area contributed by atoms with Gasteiger partial charge in [0, 0.05) is 6.08 Å². The topological polar surface area (TPSA) is 80.4 Å². The summed E-state index contributed by atoms with van der Waals surface area (Å²) in [5.41, 5.74) is 4.53. The van der Waals surface area contributed by atoms with Gasteiger partial charge in [-0.25, -0.2) is 4.79 Å². The van der Waals surface area contributed by atoms with E-state index in [4.69, 9.17) is 5.11 Å². The summed E-state index contributed by atoms with van der Waals surface area (Å²) in [6.45, 7) is 6.05. The van der Waals surface area contributed by atoms with E-state index in [0.717, 1.165) is 12.2 Å². The van der Waals surface area contributed by atoms with Crippen molar-refractivity contribution < 1.29 is 16.1 Å². The van der Waals surface area contributed by atoms with Gasteiger partial charge in [0.15, 0.2) is 0 Å². The molecule has 1 amide bonds. The molecule has 10 heavy (non-hydrogen) atoms. The lowest BCUT2D eigenvalue weighted by molar-refractivity contribution is -0.131. The zero-order chi connectivity index (χ0) is 8.57. The van der Waals surface area contributed by atoms with E-state index >= 15 is 0 Å². The fraction of sp³-hybridized carbons (Fsp3) is 0. The first-order chi connectivity index (χ1) is 4.54. The molecule has 56 valence electrons. The van der Waals surface area contributed by atoms with Gasteiger partial charge in [-0.15, -0.1) is 0 Å². The molecule has 0 aromatic heterocycles. The van der Waals surface area contributed by atoms with Crippen molar-refractivity contribution in [3.05, 3.63) is 25.3 Å². The van der Waals surface area contributed by atoms with Crippen LogP contribution in [0.4, 0.5) is 0 Å². The quantitative estimate of drug-likeness (QED) is 0.536. The Morgan fingerprint density at radius 2 is 1.60 bits per heavy atom. The molecule has 0 aromatic rings. The van der Waals surface area contributed by atoms with Gasteiger partial charge in [-0.2, -0.15) is 0 Å². The van der Waals surface area contributed by atoms with Gasteiger partial charge in [0.1, 0.15) is 0 Å². The van der Waals surface area contributed by atoms with E-state index in [0.29, 0.717) is 0 Å². The summed E-state index contributed by atoms with van der Waals surface area (Å²) in [4.78, 5) is 18.7. The van der Waals surface area contributed by atoms with Crippen LogP contribution < -0.4 is 5.73 Å². The fourth-order valence-electron chi connectivity index (χ4n) is 0. The number of aliphatic carboxylic acids is 1. The maximum Gasteiger partial charge on any atom is 1.00 e. The average molecular weight is 144 g/mol. The number of nitrogens with two attached hydrogens (primary N) is 1. The maximum absolute atomic E-state index is 9.47.